The van der Waals surface area contributed by atoms with Gasteiger partial charge in [-0.1, -0.05) is 39.0 Å². The van der Waals surface area contributed by atoms with E-state index in [1.807, 2.05) is 11.3 Å². The molecule has 0 aliphatic heterocycles. The Morgan fingerprint density at radius 2 is 1.81 bits per heavy atom. The SMILES string of the molecule is CCNC(c1ccc(CC)c(CC)c1)c1cc(C)c(Br)s1. The average molecular weight is 366 g/mol. The molecule has 0 amide bonds. The standard InChI is InChI=1S/C18H24BrNS/c1-5-13-8-9-15(11-14(13)6-2)17(20-7-3)16-10-12(4)18(19)21-16/h8-11,17,20H,5-7H2,1-4H3. The normalized spacial score (nSPS) is 12.6. The van der Waals surface area contributed by atoms with Gasteiger partial charge < -0.3 is 5.32 Å². The zero-order chi connectivity index (χ0) is 15.4. The third kappa shape index (κ3) is 3.77. The lowest BCUT2D eigenvalue weighted by Gasteiger charge is -2.19. The maximum absolute atomic E-state index is 3.65. The minimum atomic E-state index is 0.293. The van der Waals surface area contributed by atoms with Crippen LogP contribution in [-0.4, -0.2) is 6.54 Å². The van der Waals surface area contributed by atoms with Crippen molar-refractivity contribution in [2.45, 2.75) is 46.6 Å². The molecular weight excluding hydrogens is 342 g/mol. The molecule has 1 N–H and O–H groups in total. The summed E-state index contributed by atoms with van der Waals surface area (Å²) in [4.78, 5) is 1.38. The van der Waals surface area contributed by atoms with Crippen LogP contribution in [0.4, 0.5) is 0 Å². The summed E-state index contributed by atoms with van der Waals surface area (Å²) in [7, 11) is 0. The minimum Gasteiger partial charge on any atom is -0.306 e. The topological polar surface area (TPSA) is 12.0 Å². The lowest BCUT2D eigenvalue weighted by molar-refractivity contribution is 0.638. The smallest absolute Gasteiger partial charge is 0.0731 e. The van der Waals surface area contributed by atoms with Gasteiger partial charge in [0.1, 0.15) is 0 Å². The Bertz CT molecular complexity index is 584. The highest BCUT2D eigenvalue weighted by Crippen LogP contribution is 2.35. The molecule has 21 heavy (non-hydrogen) atoms. The van der Waals surface area contributed by atoms with Gasteiger partial charge in [0, 0.05) is 4.88 Å². The van der Waals surface area contributed by atoms with E-state index in [1.54, 1.807) is 0 Å². The molecule has 0 spiro atoms. The second kappa shape index (κ2) is 7.57. The van der Waals surface area contributed by atoms with Crippen molar-refractivity contribution >= 4 is 27.3 Å². The van der Waals surface area contributed by atoms with Crippen molar-refractivity contribution in [3.63, 3.8) is 0 Å². The van der Waals surface area contributed by atoms with Crippen LogP contribution in [0.15, 0.2) is 28.1 Å². The first-order chi connectivity index (χ1) is 10.1. The molecular formula is C18H24BrNS. The summed E-state index contributed by atoms with van der Waals surface area (Å²) in [6, 6.07) is 9.56. The largest absolute Gasteiger partial charge is 0.306 e. The van der Waals surface area contributed by atoms with Crippen LogP contribution in [0.1, 0.15) is 53.9 Å². The molecule has 114 valence electrons. The third-order valence-corrected chi connectivity index (χ3v) is 6.10. The lowest BCUT2D eigenvalue weighted by Crippen LogP contribution is -2.21. The molecule has 0 saturated carbocycles. The van der Waals surface area contributed by atoms with Gasteiger partial charge in [0.25, 0.3) is 0 Å². The van der Waals surface area contributed by atoms with Gasteiger partial charge in [-0.05, 0) is 70.6 Å². The molecule has 0 fully saturated rings. The van der Waals surface area contributed by atoms with E-state index in [0.717, 1.165) is 19.4 Å². The lowest BCUT2D eigenvalue weighted by atomic mass is 9.96. The summed E-state index contributed by atoms with van der Waals surface area (Å²) in [6.45, 7) is 9.77. The molecule has 1 aromatic heterocycles. The third-order valence-electron chi connectivity index (χ3n) is 3.89. The Morgan fingerprint density at radius 3 is 2.33 bits per heavy atom. The zero-order valence-corrected chi connectivity index (χ0v) is 15.7. The maximum Gasteiger partial charge on any atom is 0.0731 e. The first kappa shape index (κ1) is 16.7. The number of halogens is 1. The van der Waals surface area contributed by atoms with Crippen LogP contribution in [-0.2, 0) is 12.8 Å². The molecule has 1 unspecified atom stereocenters. The average Bonchev–Trinajstić information content (AvgIpc) is 2.83. The predicted molar refractivity (Wildman–Crippen MR) is 97.5 cm³/mol. The first-order valence-corrected chi connectivity index (χ1v) is 9.32. The summed E-state index contributed by atoms with van der Waals surface area (Å²) < 4.78 is 1.24. The van der Waals surface area contributed by atoms with Crippen LogP contribution in [0.5, 0.6) is 0 Å². The van der Waals surface area contributed by atoms with Gasteiger partial charge in [-0.3, -0.25) is 0 Å². The molecule has 0 radical (unpaired) electrons. The van der Waals surface area contributed by atoms with Crippen LogP contribution in [0, 0.1) is 6.92 Å². The highest BCUT2D eigenvalue weighted by Gasteiger charge is 2.17. The molecule has 1 heterocycles. The highest BCUT2D eigenvalue weighted by molar-refractivity contribution is 9.11. The van der Waals surface area contributed by atoms with Crippen molar-refractivity contribution < 1.29 is 0 Å². The van der Waals surface area contributed by atoms with Crippen LogP contribution in [0.25, 0.3) is 0 Å². The fourth-order valence-electron chi connectivity index (χ4n) is 2.71. The summed E-state index contributed by atoms with van der Waals surface area (Å²) in [6.07, 6.45) is 2.21. The van der Waals surface area contributed by atoms with E-state index in [0.29, 0.717) is 6.04 Å². The second-order valence-corrected chi connectivity index (χ2v) is 7.73. The molecule has 0 aliphatic rings. The van der Waals surface area contributed by atoms with Crippen molar-refractivity contribution in [2.24, 2.45) is 0 Å². The van der Waals surface area contributed by atoms with E-state index in [4.69, 9.17) is 0 Å². The Balaban J connectivity index is 2.42. The predicted octanol–water partition coefficient (Wildman–Crippen LogP) is 5.64. The van der Waals surface area contributed by atoms with Gasteiger partial charge in [-0.2, -0.15) is 0 Å². The minimum absolute atomic E-state index is 0.293. The molecule has 1 aromatic carbocycles. The summed E-state index contributed by atoms with van der Waals surface area (Å²) >= 11 is 5.48. The maximum atomic E-state index is 3.65. The van der Waals surface area contributed by atoms with Crippen LogP contribution >= 0.6 is 27.3 Å². The number of nitrogens with one attached hydrogen (secondary N) is 1. The number of benzene rings is 1. The second-order valence-electron chi connectivity index (χ2n) is 5.33. The monoisotopic (exact) mass is 365 g/mol. The van der Waals surface area contributed by atoms with Crippen molar-refractivity contribution in [1.82, 2.24) is 5.32 Å². The molecule has 3 heteroatoms. The van der Waals surface area contributed by atoms with Crippen molar-refractivity contribution in [1.29, 1.82) is 0 Å². The fourth-order valence-corrected chi connectivity index (χ4v) is 4.39. The van der Waals surface area contributed by atoms with Gasteiger partial charge in [0.15, 0.2) is 0 Å². The van der Waals surface area contributed by atoms with E-state index in [9.17, 15) is 0 Å². The fraction of sp³-hybridized carbons (Fsp3) is 0.444. The quantitative estimate of drug-likeness (QED) is 0.697. The zero-order valence-electron chi connectivity index (χ0n) is 13.3. The van der Waals surface area contributed by atoms with Gasteiger partial charge >= 0.3 is 0 Å². The summed E-state index contributed by atoms with van der Waals surface area (Å²) in [5.41, 5.74) is 5.64. The molecule has 2 aromatic rings. The number of rotatable bonds is 6. The Labute approximate surface area is 140 Å². The van der Waals surface area contributed by atoms with Crippen LogP contribution in [0.2, 0.25) is 0 Å². The van der Waals surface area contributed by atoms with Crippen molar-refractivity contribution in [3.05, 3.63) is 55.2 Å². The summed E-state index contributed by atoms with van der Waals surface area (Å²) in [5, 5.41) is 3.63. The van der Waals surface area contributed by atoms with Gasteiger partial charge in [-0.15, -0.1) is 11.3 Å². The van der Waals surface area contributed by atoms with E-state index < -0.39 is 0 Å². The Kier molecular flexibility index (Phi) is 6.03. The van der Waals surface area contributed by atoms with Crippen molar-refractivity contribution in [2.75, 3.05) is 6.54 Å². The van der Waals surface area contributed by atoms with Crippen LogP contribution in [0.3, 0.4) is 0 Å². The van der Waals surface area contributed by atoms with E-state index >= 15 is 0 Å². The van der Waals surface area contributed by atoms with Crippen molar-refractivity contribution in [3.8, 4) is 0 Å². The Hall–Kier alpha value is -0.640. The van der Waals surface area contributed by atoms with Crippen LogP contribution < -0.4 is 5.32 Å². The number of aryl methyl sites for hydroxylation is 3. The highest BCUT2D eigenvalue weighted by atomic mass is 79.9. The number of thiophene rings is 1. The molecule has 1 nitrogen and oxygen atoms in total. The first-order valence-electron chi connectivity index (χ1n) is 7.71. The molecule has 0 aliphatic carbocycles. The Morgan fingerprint density at radius 1 is 1.10 bits per heavy atom. The molecule has 1 atom stereocenters. The van der Waals surface area contributed by atoms with E-state index in [1.165, 1.54) is 30.9 Å². The number of hydrogen-bond acceptors (Lipinski definition) is 2. The molecule has 0 bridgehead atoms. The molecule has 2 rings (SSSR count). The van der Waals surface area contributed by atoms with E-state index in [2.05, 4.69) is 73.2 Å². The summed E-state index contributed by atoms with van der Waals surface area (Å²) in [5.74, 6) is 0. The number of hydrogen-bond donors (Lipinski definition) is 1. The van der Waals surface area contributed by atoms with Gasteiger partial charge in [0.2, 0.25) is 0 Å². The molecule has 0 saturated heterocycles. The van der Waals surface area contributed by atoms with Gasteiger partial charge in [0.05, 0.1) is 9.83 Å². The van der Waals surface area contributed by atoms with Gasteiger partial charge in [-0.25, -0.2) is 0 Å². The van der Waals surface area contributed by atoms with E-state index in [-0.39, 0.29) is 0 Å².